The highest BCUT2D eigenvalue weighted by Crippen LogP contribution is 2.29. The number of hydrogen-bond acceptors (Lipinski definition) is 5. The van der Waals surface area contributed by atoms with Crippen molar-refractivity contribution in [1.29, 1.82) is 0 Å². The van der Waals surface area contributed by atoms with E-state index in [1.54, 1.807) is 0 Å². The molecule has 8 nitrogen and oxygen atoms in total. The van der Waals surface area contributed by atoms with Crippen LogP contribution in [0.15, 0.2) is 30.5 Å². The maximum atomic E-state index is 12.8. The van der Waals surface area contributed by atoms with E-state index < -0.39 is 23.8 Å². The number of benzene rings is 1. The minimum absolute atomic E-state index is 0.0501. The smallest absolute Gasteiger partial charge is 0.375 e. The lowest BCUT2D eigenvalue weighted by molar-refractivity contribution is -0.486. The van der Waals surface area contributed by atoms with Crippen molar-refractivity contribution in [2.24, 2.45) is 5.92 Å². The lowest BCUT2D eigenvalue weighted by Crippen LogP contribution is -2.82. The van der Waals surface area contributed by atoms with Crippen LogP contribution < -0.4 is 10.3 Å². The standard InChI is InChI=1S/C20H20N4O4S/c1-28-19(27)16(8-11-9-21-15-5-3-2-4-13(11)15)22-10-14-17(25)23-20(29)24(18(14)26)12-6-7-12/h2-5,9-10,12,14,16,21H,6-8H2,1H3,(H,23,25,29)/p+1. The van der Waals surface area contributed by atoms with Gasteiger partial charge in [-0.3, -0.25) is 14.5 Å². The fourth-order valence-corrected chi connectivity index (χ4v) is 3.86. The fraction of sp³-hybridized carbons (Fsp3) is 0.350. The highest BCUT2D eigenvalue weighted by molar-refractivity contribution is 7.80. The zero-order valence-corrected chi connectivity index (χ0v) is 16.6. The minimum Gasteiger partial charge on any atom is -0.464 e. The van der Waals surface area contributed by atoms with Gasteiger partial charge in [0.15, 0.2) is 17.2 Å². The summed E-state index contributed by atoms with van der Waals surface area (Å²) in [5.41, 5.74) is 1.89. The molecule has 2 aromatic rings. The minimum atomic E-state index is -1.06. The van der Waals surface area contributed by atoms with Gasteiger partial charge in [-0.1, -0.05) is 18.2 Å². The predicted octanol–water partition coefficient (Wildman–Crippen LogP) is -0.575. The lowest BCUT2D eigenvalue weighted by Gasteiger charge is -2.30. The van der Waals surface area contributed by atoms with Crippen LogP contribution in [-0.4, -0.2) is 58.2 Å². The number of esters is 1. The molecule has 29 heavy (non-hydrogen) atoms. The third-order valence-electron chi connectivity index (χ3n) is 5.20. The number of carbonyl (C=O) groups excluding carboxylic acids is 3. The Morgan fingerprint density at radius 2 is 2.14 bits per heavy atom. The predicted molar refractivity (Wildman–Crippen MR) is 109 cm³/mol. The quantitative estimate of drug-likeness (QED) is 0.255. The van der Waals surface area contributed by atoms with Crippen LogP contribution in [0, 0.1) is 5.92 Å². The van der Waals surface area contributed by atoms with Gasteiger partial charge in [0, 0.05) is 29.6 Å². The van der Waals surface area contributed by atoms with Crippen molar-refractivity contribution < 1.29 is 24.1 Å². The summed E-state index contributed by atoms with van der Waals surface area (Å²) in [4.78, 5) is 44.9. The van der Waals surface area contributed by atoms with Crippen molar-refractivity contribution in [2.45, 2.75) is 31.3 Å². The monoisotopic (exact) mass is 413 g/mol. The van der Waals surface area contributed by atoms with Crippen LogP contribution in [0.3, 0.4) is 0 Å². The largest absolute Gasteiger partial charge is 0.464 e. The van der Waals surface area contributed by atoms with Gasteiger partial charge in [0.1, 0.15) is 0 Å². The van der Waals surface area contributed by atoms with Gasteiger partial charge in [0.05, 0.1) is 7.11 Å². The summed E-state index contributed by atoms with van der Waals surface area (Å²) in [5, 5.41) is 3.72. The highest BCUT2D eigenvalue weighted by Gasteiger charge is 2.45. The van der Waals surface area contributed by atoms with Gasteiger partial charge < -0.3 is 15.0 Å². The molecule has 0 bridgehead atoms. The van der Waals surface area contributed by atoms with E-state index in [1.165, 1.54) is 18.2 Å². The zero-order valence-electron chi connectivity index (χ0n) is 15.8. The molecule has 3 N–H and O–H groups in total. The van der Waals surface area contributed by atoms with E-state index in [0.717, 1.165) is 29.3 Å². The number of nitrogens with zero attached hydrogens (tertiary/aromatic N) is 1. The first-order valence-corrected chi connectivity index (χ1v) is 9.80. The van der Waals surface area contributed by atoms with E-state index in [2.05, 4.69) is 15.3 Å². The van der Waals surface area contributed by atoms with Gasteiger partial charge in [0.25, 0.3) is 11.9 Å². The molecule has 1 saturated heterocycles. The lowest BCUT2D eigenvalue weighted by atomic mass is 10.0. The van der Waals surface area contributed by atoms with Gasteiger partial charge in [-0.05, 0) is 36.7 Å². The number of rotatable bonds is 6. The van der Waals surface area contributed by atoms with Crippen molar-refractivity contribution in [2.75, 3.05) is 7.11 Å². The average Bonchev–Trinajstić information content (AvgIpc) is 3.46. The third kappa shape index (κ3) is 3.77. The third-order valence-corrected chi connectivity index (χ3v) is 5.49. The maximum absolute atomic E-state index is 12.8. The summed E-state index contributed by atoms with van der Waals surface area (Å²) >= 11 is 5.13. The molecule has 4 rings (SSSR count). The molecule has 2 aliphatic rings. The molecule has 0 spiro atoms. The van der Waals surface area contributed by atoms with Crippen LogP contribution in [0.2, 0.25) is 0 Å². The Hall–Kier alpha value is -3.07. The second-order valence-corrected chi connectivity index (χ2v) is 7.57. The molecular weight excluding hydrogens is 392 g/mol. The number of ether oxygens (including phenoxy) is 1. The highest BCUT2D eigenvalue weighted by atomic mass is 32.1. The van der Waals surface area contributed by atoms with Gasteiger partial charge in [-0.2, -0.15) is 0 Å². The Kier molecular flexibility index (Phi) is 5.14. The number of hydrogen-bond donors (Lipinski definition) is 3. The number of fused-ring (bicyclic) bond motifs is 1. The van der Waals surface area contributed by atoms with E-state index in [-0.39, 0.29) is 17.1 Å². The molecule has 1 aromatic heterocycles. The van der Waals surface area contributed by atoms with E-state index in [0.29, 0.717) is 6.42 Å². The number of para-hydroxylation sites is 1. The molecular formula is C20H21N4O4S+. The topological polar surface area (TPSA) is 105 Å². The molecule has 2 fully saturated rings. The van der Waals surface area contributed by atoms with Crippen molar-refractivity contribution in [1.82, 2.24) is 15.2 Å². The summed E-state index contributed by atoms with van der Waals surface area (Å²) in [6.07, 6.45) is 5.28. The Balaban J connectivity index is 1.56. The number of aromatic nitrogens is 1. The summed E-state index contributed by atoms with van der Waals surface area (Å²) in [6, 6.07) is 7.07. The number of amides is 2. The summed E-state index contributed by atoms with van der Waals surface area (Å²) in [6.45, 7) is 0. The number of methoxy groups -OCH3 is 1. The first-order valence-electron chi connectivity index (χ1n) is 9.39. The summed E-state index contributed by atoms with van der Waals surface area (Å²) in [5.74, 6) is -2.41. The summed E-state index contributed by atoms with van der Waals surface area (Å²) < 4.78 is 4.90. The van der Waals surface area contributed by atoms with Gasteiger partial charge in [-0.15, -0.1) is 0 Å². The number of aromatic amines is 1. The van der Waals surface area contributed by atoms with Crippen molar-refractivity contribution in [3.05, 3.63) is 36.0 Å². The number of H-pyrrole nitrogens is 1. The van der Waals surface area contributed by atoms with Gasteiger partial charge >= 0.3 is 5.97 Å². The molecule has 1 saturated carbocycles. The SMILES string of the molecule is COC(=O)C(Cc1c[nH]c2ccccc12)[NH+]=CC1C(=O)NC(=S)N(C2CC2)C1=O. The van der Waals surface area contributed by atoms with E-state index in [9.17, 15) is 14.4 Å². The number of nitrogens with one attached hydrogen (secondary N) is 3. The molecule has 150 valence electrons. The zero-order chi connectivity index (χ0) is 20.5. The normalized spacial score (nSPS) is 20.9. The Labute approximate surface area is 172 Å². The molecule has 1 aliphatic carbocycles. The van der Waals surface area contributed by atoms with Crippen molar-refractivity contribution >= 4 is 52.2 Å². The first-order chi connectivity index (χ1) is 14.0. The molecule has 1 aliphatic heterocycles. The Morgan fingerprint density at radius 3 is 2.86 bits per heavy atom. The maximum Gasteiger partial charge on any atom is 0.375 e. The Morgan fingerprint density at radius 1 is 1.38 bits per heavy atom. The average molecular weight is 413 g/mol. The molecule has 2 amide bonds. The van der Waals surface area contributed by atoms with E-state index >= 15 is 0 Å². The van der Waals surface area contributed by atoms with E-state index in [4.69, 9.17) is 17.0 Å². The Bertz CT molecular complexity index is 1030. The molecule has 2 unspecified atom stereocenters. The molecule has 2 heterocycles. The van der Waals surface area contributed by atoms with Crippen LogP contribution in [0.25, 0.3) is 10.9 Å². The van der Waals surface area contributed by atoms with Crippen molar-refractivity contribution in [3.8, 4) is 0 Å². The van der Waals surface area contributed by atoms with Gasteiger partial charge in [-0.25, -0.2) is 9.79 Å². The molecule has 2 atom stereocenters. The van der Waals surface area contributed by atoms with E-state index in [1.807, 2.05) is 30.5 Å². The van der Waals surface area contributed by atoms with Crippen LogP contribution in [-0.2, 0) is 25.5 Å². The molecule has 1 aromatic carbocycles. The van der Waals surface area contributed by atoms with Crippen LogP contribution >= 0.6 is 12.2 Å². The van der Waals surface area contributed by atoms with Crippen LogP contribution in [0.5, 0.6) is 0 Å². The van der Waals surface area contributed by atoms with Gasteiger partial charge in [0.2, 0.25) is 5.91 Å². The fourth-order valence-electron chi connectivity index (χ4n) is 3.52. The van der Waals surface area contributed by atoms with Crippen LogP contribution in [0.4, 0.5) is 0 Å². The summed E-state index contributed by atoms with van der Waals surface area (Å²) in [7, 11) is 1.30. The second kappa shape index (κ2) is 7.75. The molecule has 0 radical (unpaired) electrons. The molecule has 9 heteroatoms. The van der Waals surface area contributed by atoms with Crippen molar-refractivity contribution in [3.63, 3.8) is 0 Å². The number of carbonyl (C=O) groups is 3. The number of thiocarbonyl (C=S) groups is 1. The first kappa shape index (κ1) is 19.3. The second-order valence-electron chi connectivity index (χ2n) is 7.18. The van der Waals surface area contributed by atoms with Crippen LogP contribution in [0.1, 0.15) is 18.4 Å².